The number of aryl methyl sites for hydroxylation is 1. The zero-order valence-corrected chi connectivity index (χ0v) is 50.0. The number of dihydropyridines is 1. The van der Waals surface area contributed by atoms with E-state index in [1.54, 1.807) is 20.3 Å². The van der Waals surface area contributed by atoms with Crippen molar-refractivity contribution in [3.8, 4) is 63.6 Å². The van der Waals surface area contributed by atoms with Crippen LogP contribution in [0, 0.1) is 53.3 Å². The number of phenolic OH excluding ortho intramolecular Hbond substituents is 2. The zero-order valence-electron chi connectivity index (χ0n) is 48.3. The number of benzene rings is 4. The average molecular weight is 1170 g/mol. The summed E-state index contributed by atoms with van der Waals surface area (Å²) in [6.07, 6.45) is 17.0. The van der Waals surface area contributed by atoms with Crippen molar-refractivity contribution in [1.29, 1.82) is 0 Å². The highest BCUT2D eigenvalue weighted by molar-refractivity contribution is 8.76. The zero-order chi connectivity index (χ0) is 57.6. The molecular weight excluding hydrogens is 1090 g/mol. The minimum absolute atomic E-state index is 0.00283. The van der Waals surface area contributed by atoms with Gasteiger partial charge in [-0.1, -0.05) is 101 Å². The molecule has 4 aromatic rings. The summed E-state index contributed by atoms with van der Waals surface area (Å²) in [6, 6.07) is 18.8. The normalized spacial score (nSPS) is 30.7. The third-order valence-corrected chi connectivity index (χ3v) is 22.4. The molecule has 13 rings (SSSR count). The van der Waals surface area contributed by atoms with E-state index in [1.165, 1.54) is 25.3 Å². The molecule has 0 aromatic heterocycles. The van der Waals surface area contributed by atoms with Crippen molar-refractivity contribution in [2.45, 2.75) is 132 Å². The monoisotopic (exact) mass is 1170 g/mol. The molecule has 0 amide bonds. The summed E-state index contributed by atoms with van der Waals surface area (Å²) >= 11 is 0. The number of rotatable bonds is 9. The minimum Gasteiger partial charge on any atom is -0.508 e. The standard InChI is InChI=1S/C69H78N4O9S2/c1-39(75)80-36-55-51-18-19-52-61-45(28-48(76)29-58(61)79-3)31-69-26-25-43(30-69)49(17-15-40-9-5-4-6-10-40)50-21-24-60(70)73-56(50)22-16-42-12-8-13-44(35-78-2)46(34-74)32-71-33-54-62(42)63(66(55)82-67(51)64(52)69)53-20-23-57-59(81-68(53)65(54)77)38-84-83-37-41-11-7-14-47(27-41)72-57/h4-6,9-10,18-21,23-24,28-29,41-44,46-47,49,55,57,59-60,66,71-74,76-77H,7,11,13-15,17,25-27,30-38,70H2,1-3H3. The summed E-state index contributed by atoms with van der Waals surface area (Å²) in [6.45, 7) is 2.38. The SMILES string of the molecule is COCC1CC#CC2C#CC3=C(C=CC(N)N3)C(CCc3ccccc3)C3CCC4(Cc5cc(O)cc(OC)c5-c5ccc6c(c54)OC(c4c5c(c(O)c(c42)CNCC1CO)OC1CSSCC2CCCC(C2)NC1C=C5)C6COC(C)=O)C3. The molecule has 13 atom stereocenters. The Balaban J connectivity index is 1.11. The van der Waals surface area contributed by atoms with Crippen molar-refractivity contribution < 1.29 is 43.8 Å². The van der Waals surface area contributed by atoms with Crippen molar-refractivity contribution in [3.63, 3.8) is 0 Å². The Kier molecular flexibility index (Phi) is 16.6. The van der Waals surface area contributed by atoms with Crippen LogP contribution in [0.25, 0.3) is 17.2 Å². The molecule has 4 aromatic carbocycles. The van der Waals surface area contributed by atoms with E-state index in [0.717, 1.165) is 101 Å². The van der Waals surface area contributed by atoms with E-state index in [-0.39, 0.29) is 67.1 Å². The molecule has 84 heavy (non-hydrogen) atoms. The minimum atomic E-state index is -0.823. The highest BCUT2D eigenvalue weighted by Gasteiger charge is 2.53. The molecule has 3 fully saturated rings. The predicted octanol–water partition coefficient (Wildman–Crippen LogP) is 10.2. The van der Waals surface area contributed by atoms with Crippen LogP contribution in [0.15, 0.2) is 84.1 Å². The molecule has 6 bridgehead atoms. The van der Waals surface area contributed by atoms with Crippen LogP contribution in [-0.2, 0) is 39.1 Å². The summed E-state index contributed by atoms with van der Waals surface area (Å²) in [7, 11) is 7.10. The smallest absolute Gasteiger partial charge is 0.302 e. The lowest BCUT2D eigenvalue weighted by Crippen LogP contribution is -2.49. The Morgan fingerprint density at radius 2 is 1.81 bits per heavy atom. The number of aliphatic hydroxyl groups excluding tert-OH is 1. The fraction of sp³-hybridized carbons (Fsp3) is 0.493. The van der Waals surface area contributed by atoms with Gasteiger partial charge in [0, 0.05) is 108 Å². The second-order valence-corrected chi connectivity index (χ2v) is 27.5. The van der Waals surface area contributed by atoms with Crippen LogP contribution in [0.1, 0.15) is 127 Å². The number of aliphatic hydroxyl groups is 1. The molecule has 8 N–H and O–H groups in total. The lowest BCUT2D eigenvalue weighted by molar-refractivity contribution is -0.141. The number of carbonyl (C=O) groups is 1. The number of nitrogens with two attached hydrogens (primary N) is 1. The molecule has 13 unspecified atom stereocenters. The van der Waals surface area contributed by atoms with E-state index in [1.807, 2.05) is 33.7 Å². The van der Waals surface area contributed by atoms with Crippen LogP contribution in [0.3, 0.4) is 0 Å². The molecule has 0 radical (unpaired) electrons. The van der Waals surface area contributed by atoms with Crippen LogP contribution >= 0.6 is 21.6 Å². The average Bonchev–Trinajstić information content (AvgIpc) is 1.59. The van der Waals surface area contributed by atoms with Crippen molar-refractivity contribution in [2.24, 2.45) is 35.3 Å². The first-order valence-corrected chi connectivity index (χ1v) is 32.9. The second kappa shape index (κ2) is 24.4. The van der Waals surface area contributed by atoms with Gasteiger partial charge in [0.15, 0.2) is 11.5 Å². The quantitative estimate of drug-likeness (QED) is 0.0477. The Bertz CT molecular complexity index is 3420. The van der Waals surface area contributed by atoms with E-state index in [9.17, 15) is 20.1 Å². The van der Waals surface area contributed by atoms with Gasteiger partial charge in [0.2, 0.25) is 0 Å². The van der Waals surface area contributed by atoms with Crippen LogP contribution in [0.2, 0.25) is 0 Å². The fourth-order valence-electron chi connectivity index (χ4n) is 15.9. The van der Waals surface area contributed by atoms with Gasteiger partial charge in [-0.25, -0.2) is 0 Å². The maximum Gasteiger partial charge on any atom is 0.302 e. The van der Waals surface area contributed by atoms with Gasteiger partial charge in [-0.15, -0.1) is 5.92 Å². The van der Waals surface area contributed by atoms with E-state index in [0.29, 0.717) is 71.9 Å². The lowest BCUT2D eigenvalue weighted by atomic mass is 9.64. The van der Waals surface area contributed by atoms with Gasteiger partial charge in [-0.05, 0) is 127 Å². The number of hydrogen-bond donors (Lipinski definition) is 7. The van der Waals surface area contributed by atoms with E-state index >= 15 is 0 Å². The third kappa shape index (κ3) is 10.9. The van der Waals surface area contributed by atoms with Gasteiger partial charge >= 0.3 is 5.97 Å². The van der Waals surface area contributed by atoms with Crippen LogP contribution < -0.4 is 35.9 Å². The van der Waals surface area contributed by atoms with Crippen molar-refractivity contribution in [3.05, 3.63) is 129 Å². The molecule has 2 saturated carbocycles. The molecule has 3 aliphatic carbocycles. The van der Waals surface area contributed by atoms with Gasteiger partial charge < -0.3 is 60.7 Å². The Hall–Kier alpha value is -6.01. The first-order valence-electron chi connectivity index (χ1n) is 30.4. The maximum atomic E-state index is 13.4. The Morgan fingerprint density at radius 3 is 2.64 bits per heavy atom. The van der Waals surface area contributed by atoms with Crippen molar-refractivity contribution >= 4 is 33.6 Å². The largest absolute Gasteiger partial charge is 0.508 e. The molecule has 1 saturated heterocycles. The van der Waals surface area contributed by atoms with Gasteiger partial charge in [-0.2, -0.15) is 0 Å². The predicted molar refractivity (Wildman–Crippen MR) is 331 cm³/mol. The second-order valence-electron chi connectivity index (χ2n) is 24.9. The fourth-order valence-corrected chi connectivity index (χ4v) is 18.5. The molecule has 15 heteroatoms. The van der Waals surface area contributed by atoms with Crippen LogP contribution in [-0.4, -0.2) is 97.7 Å². The summed E-state index contributed by atoms with van der Waals surface area (Å²) in [5, 5.41) is 47.2. The van der Waals surface area contributed by atoms with Gasteiger partial charge in [-0.3, -0.25) is 4.79 Å². The summed E-state index contributed by atoms with van der Waals surface area (Å²) in [4.78, 5) is 13.3. The highest BCUT2D eigenvalue weighted by Crippen LogP contribution is 2.64. The molecule has 6 aliphatic heterocycles. The number of methoxy groups -OCH3 is 2. The van der Waals surface area contributed by atoms with E-state index < -0.39 is 35.5 Å². The van der Waals surface area contributed by atoms with Gasteiger partial charge in [0.05, 0.1) is 37.5 Å². The molecular formula is C69H78N4O9S2. The number of nitrogens with one attached hydrogen (secondary N) is 3. The first-order chi connectivity index (χ1) is 41.0. The summed E-state index contributed by atoms with van der Waals surface area (Å²) in [5.41, 5.74) is 17.2. The molecule has 1 spiro atoms. The Labute approximate surface area is 502 Å². The molecule has 9 aliphatic rings. The number of allylic oxidation sites excluding steroid dienone is 3. The van der Waals surface area contributed by atoms with Crippen LogP contribution in [0.4, 0.5) is 0 Å². The number of carbonyl (C=O) groups excluding carboxylic acids is 1. The van der Waals surface area contributed by atoms with E-state index in [2.05, 4.69) is 100 Å². The van der Waals surface area contributed by atoms with Gasteiger partial charge in [0.25, 0.3) is 0 Å². The third-order valence-electron chi connectivity index (χ3n) is 19.8. The molecule has 13 nitrogen and oxygen atoms in total. The van der Waals surface area contributed by atoms with Crippen LogP contribution in [0.5, 0.6) is 28.7 Å². The topological polar surface area (TPSA) is 186 Å². The summed E-state index contributed by atoms with van der Waals surface area (Å²) < 4.78 is 33.6. The first kappa shape index (κ1) is 57.1. The van der Waals surface area contributed by atoms with Gasteiger partial charge in [0.1, 0.15) is 42.0 Å². The number of ether oxygens (including phenoxy) is 5. The number of fused-ring (bicyclic) bond motifs is 10. The number of aromatic hydroxyl groups is 2. The summed E-state index contributed by atoms with van der Waals surface area (Å²) in [5.74, 6) is 17.3. The molecule has 6 heterocycles. The molecule has 440 valence electrons. The lowest BCUT2D eigenvalue weighted by Gasteiger charge is -2.40. The Morgan fingerprint density at radius 1 is 0.940 bits per heavy atom. The van der Waals surface area contributed by atoms with Crippen molar-refractivity contribution in [2.75, 3.05) is 52.1 Å². The highest BCUT2D eigenvalue weighted by atomic mass is 33.1. The van der Waals surface area contributed by atoms with E-state index in [4.69, 9.17) is 29.4 Å². The maximum absolute atomic E-state index is 13.4. The number of phenols is 2. The van der Waals surface area contributed by atoms with Crippen molar-refractivity contribution in [1.82, 2.24) is 16.0 Å². The number of esters is 1. The number of hydrogen-bond acceptors (Lipinski definition) is 15.